The maximum absolute atomic E-state index is 12.1. The summed E-state index contributed by atoms with van der Waals surface area (Å²) in [7, 11) is 1.30. The zero-order valence-corrected chi connectivity index (χ0v) is 13.9. The second kappa shape index (κ2) is 9.34. The average Bonchev–Trinajstić information content (AvgIpc) is 2.55. The fourth-order valence-electron chi connectivity index (χ4n) is 2.01. The molecule has 1 unspecified atom stereocenters. The van der Waals surface area contributed by atoms with Crippen molar-refractivity contribution in [3.63, 3.8) is 0 Å². The van der Waals surface area contributed by atoms with Gasteiger partial charge in [-0.15, -0.1) is 12.4 Å². The van der Waals surface area contributed by atoms with Crippen molar-refractivity contribution in [2.24, 2.45) is 0 Å². The van der Waals surface area contributed by atoms with E-state index in [2.05, 4.69) is 15.4 Å². The van der Waals surface area contributed by atoms with Gasteiger partial charge in [-0.3, -0.25) is 4.79 Å². The van der Waals surface area contributed by atoms with Gasteiger partial charge in [0.25, 0.3) is 5.91 Å². The summed E-state index contributed by atoms with van der Waals surface area (Å²) >= 11 is 0. The second-order valence-corrected chi connectivity index (χ2v) is 4.89. The van der Waals surface area contributed by atoms with Gasteiger partial charge >= 0.3 is 5.97 Å². The Morgan fingerprint density at radius 1 is 1.43 bits per heavy atom. The van der Waals surface area contributed by atoms with E-state index in [1.807, 2.05) is 6.92 Å². The number of anilines is 1. The molecule has 0 aromatic heterocycles. The summed E-state index contributed by atoms with van der Waals surface area (Å²) in [5, 5.41) is 5.94. The molecule has 2 N–H and O–H groups in total. The molecule has 1 amide bonds. The Labute approximate surface area is 141 Å². The fraction of sp³-hybridized carbons (Fsp3) is 0.467. The zero-order chi connectivity index (χ0) is 15.9. The molecule has 1 aromatic rings. The van der Waals surface area contributed by atoms with Crippen molar-refractivity contribution in [3.05, 3.63) is 23.8 Å². The first kappa shape index (κ1) is 19.2. The number of hydrogen-bond acceptors (Lipinski definition) is 6. The van der Waals surface area contributed by atoms with Crippen LogP contribution >= 0.6 is 12.4 Å². The number of morpholine rings is 1. The van der Waals surface area contributed by atoms with Crippen LogP contribution in [0.25, 0.3) is 0 Å². The molecule has 0 aliphatic carbocycles. The van der Waals surface area contributed by atoms with Gasteiger partial charge in [0.05, 0.1) is 13.7 Å². The molecule has 1 aromatic carbocycles. The van der Waals surface area contributed by atoms with Gasteiger partial charge in [0.15, 0.2) is 6.61 Å². The number of hydrogen-bond donors (Lipinski definition) is 2. The van der Waals surface area contributed by atoms with Crippen LogP contribution in [-0.2, 0) is 19.1 Å². The Balaban J connectivity index is 0.00000264. The SMILES string of the molecule is COC(=O)COc1ccc(NC(=O)C2CNCCO2)c(C)c1.Cl. The number of halogens is 1. The van der Waals surface area contributed by atoms with Gasteiger partial charge in [-0.25, -0.2) is 4.79 Å². The number of ether oxygens (including phenoxy) is 3. The first-order valence-corrected chi connectivity index (χ1v) is 7.03. The van der Waals surface area contributed by atoms with Crippen LogP contribution in [0.1, 0.15) is 5.56 Å². The molecule has 7 nitrogen and oxygen atoms in total. The molecular formula is C15H21ClN2O5. The number of carbonyl (C=O) groups is 2. The molecule has 0 spiro atoms. The van der Waals surface area contributed by atoms with Gasteiger partial charge in [-0.1, -0.05) is 0 Å². The van der Waals surface area contributed by atoms with E-state index in [1.54, 1.807) is 18.2 Å². The van der Waals surface area contributed by atoms with Gasteiger partial charge in [0.2, 0.25) is 0 Å². The van der Waals surface area contributed by atoms with Gasteiger partial charge in [-0.05, 0) is 30.7 Å². The number of aryl methyl sites for hydroxylation is 1. The molecule has 0 bridgehead atoms. The predicted octanol–water partition coefficient (Wildman–Crippen LogP) is 0.896. The Kier molecular flexibility index (Phi) is 7.80. The molecule has 1 aliphatic rings. The van der Waals surface area contributed by atoms with Crippen LogP contribution < -0.4 is 15.4 Å². The molecule has 1 fully saturated rings. The lowest BCUT2D eigenvalue weighted by Gasteiger charge is -2.23. The first-order valence-electron chi connectivity index (χ1n) is 7.03. The number of amides is 1. The smallest absolute Gasteiger partial charge is 0.343 e. The molecule has 0 saturated carbocycles. The van der Waals surface area contributed by atoms with E-state index in [0.717, 1.165) is 12.1 Å². The van der Waals surface area contributed by atoms with Crippen LogP contribution in [0.2, 0.25) is 0 Å². The fourth-order valence-corrected chi connectivity index (χ4v) is 2.01. The van der Waals surface area contributed by atoms with Crippen molar-refractivity contribution in [1.82, 2.24) is 5.32 Å². The van der Waals surface area contributed by atoms with Gasteiger partial charge in [0.1, 0.15) is 11.9 Å². The Bertz CT molecular complexity index is 547. The molecule has 1 heterocycles. The maximum Gasteiger partial charge on any atom is 0.343 e. The molecule has 1 aliphatic heterocycles. The van der Waals surface area contributed by atoms with Crippen molar-refractivity contribution >= 4 is 30.0 Å². The van der Waals surface area contributed by atoms with Crippen LogP contribution in [0.5, 0.6) is 5.75 Å². The van der Waals surface area contributed by atoms with Crippen molar-refractivity contribution < 1.29 is 23.8 Å². The summed E-state index contributed by atoms with van der Waals surface area (Å²) in [5.74, 6) is -0.0907. The first-order chi connectivity index (χ1) is 10.6. The normalized spacial score (nSPS) is 16.9. The van der Waals surface area contributed by atoms with E-state index in [0.29, 0.717) is 24.6 Å². The molecule has 128 valence electrons. The summed E-state index contributed by atoms with van der Waals surface area (Å²) in [6, 6.07) is 5.17. The van der Waals surface area contributed by atoms with Crippen LogP contribution in [0, 0.1) is 6.92 Å². The minimum Gasteiger partial charge on any atom is -0.482 e. The quantitative estimate of drug-likeness (QED) is 0.772. The van der Waals surface area contributed by atoms with Gasteiger partial charge in [-0.2, -0.15) is 0 Å². The van der Waals surface area contributed by atoms with Crippen LogP contribution in [0.15, 0.2) is 18.2 Å². The third kappa shape index (κ3) is 5.70. The highest BCUT2D eigenvalue weighted by atomic mass is 35.5. The minimum absolute atomic E-state index is 0. The van der Waals surface area contributed by atoms with E-state index < -0.39 is 12.1 Å². The number of rotatable bonds is 5. The molecule has 23 heavy (non-hydrogen) atoms. The van der Waals surface area contributed by atoms with E-state index in [-0.39, 0.29) is 24.9 Å². The third-order valence-electron chi connectivity index (χ3n) is 3.26. The molecule has 1 saturated heterocycles. The van der Waals surface area contributed by atoms with Crippen LogP contribution in [0.3, 0.4) is 0 Å². The summed E-state index contributed by atoms with van der Waals surface area (Å²) in [6.45, 7) is 3.49. The Hall–Kier alpha value is -1.83. The topological polar surface area (TPSA) is 85.9 Å². The van der Waals surface area contributed by atoms with E-state index >= 15 is 0 Å². The van der Waals surface area contributed by atoms with E-state index in [1.165, 1.54) is 7.11 Å². The van der Waals surface area contributed by atoms with Crippen molar-refractivity contribution in [3.8, 4) is 5.75 Å². The van der Waals surface area contributed by atoms with Crippen molar-refractivity contribution in [2.75, 3.05) is 38.7 Å². The number of nitrogens with one attached hydrogen (secondary N) is 2. The number of benzene rings is 1. The molecular weight excluding hydrogens is 324 g/mol. The molecule has 0 radical (unpaired) electrons. The van der Waals surface area contributed by atoms with Gasteiger partial charge < -0.3 is 24.8 Å². The summed E-state index contributed by atoms with van der Waals surface area (Å²) < 4.78 is 15.2. The second-order valence-electron chi connectivity index (χ2n) is 4.89. The van der Waals surface area contributed by atoms with E-state index in [4.69, 9.17) is 9.47 Å². The highest BCUT2D eigenvalue weighted by Gasteiger charge is 2.22. The predicted molar refractivity (Wildman–Crippen MR) is 87.2 cm³/mol. The number of carbonyl (C=O) groups excluding carboxylic acids is 2. The van der Waals surface area contributed by atoms with Crippen LogP contribution in [-0.4, -0.2) is 51.4 Å². The van der Waals surface area contributed by atoms with Crippen molar-refractivity contribution in [1.29, 1.82) is 0 Å². The van der Waals surface area contributed by atoms with E-state index in [9.17, 15) is 9.59 Å². The van der Waals surface area contributed by atoms with Crippen molar-refractivity contribution in [2.45, 2.75) is 13.0 Å². The lowest BCUT2D eigenvalue weighted by atomic mass is 10.1. The maximum atomic E-state index is 12.1. The standard InChI is InChI=1S/C15H20N2O5.ClH/c1-10-7-11(22-9-14(18)20-2)3-4-12(10)17-15(19)13-8-16-5-6-21-13;/h3-4,7,13,16H,5-6,8-9H2,1-2H3,(H,17,19);1H. The van der Waals surface area contributed by atoms with Gasteiger partial charge in [0, 0.05) is 18.8 Å². The average molecular weight is 345 g/mol. The third-order valence-corrected chi connectivity index (χ3v) is 3.26. The highest BCUT2D eigenvalue weighted by Crippen LogP contribution is 2.21. The Morgan fingerprint density at radius 2 is 2.22 bits per heavy atom. The summed E-state index contributed by atoms with van der Waals surface area (Å²) in [6.07, 6.45) is -0.483. The molecule has 2 rings (SSSR count). The van der Waals surface area contributed by atoms with Crippen LogP contribution in [0.4, 0.5) is 5.69 Å². The molecule has 1 atom stereocenters. The minimum atomic E-state index is -0.483. The monoisotopic (exact) mass is 344 g/mol. The molecule has 8 heteroatoms. The largest absolute Gasteiger partial charge is 0.482 e. The lowest BCUT2D eigenvalue weighted by molar-refractivity contribution is -0.142. The number of esters is 1. The summed E-state index contributed by atoms with van der Waals surface area (Å²) in [5.41, 5.74) is 1.52. The summed E-state index contributed by atoms with van der Waals surface area (Å²) in [4.78, 5) is 23.1. The zero-order valence-electron chi connectivity index (χ0n) is 13.1. The number of methoxy groups -OCH3 is 1. The Morgan fingerprint density at radius 3 is 2.83 bits per heavy atom. The lowest BCUT2D eigenvalue weighted by Crippen LogP contribution is -2.45. The highest BCUT2D eigenvalue weighted by molar-refractivity contribution is 5.95.